The topological polar surface area (TPSA) is 63.1 Å². The Morgan fingerprint density at radius 1 is 1.53 bits per heavy atom. The van der Waals surface area contributed by atoms with Crippen molar-refractivity contribution < 1.29 is 4.79 Å². The van der Waals surface area contributed by atoms with Crippen molar-refractivity contribution in [2.24, 2.45) is 7.05 Å². The normalized spacial score (nSPS) is 12.5. The van der Waals surface area contributed by atoms with Gasteiger partial charge in [0.2, 0.25) is 5.91 Å². The summed E-state index contributed by atoms with van der Waals surface area (Å²) in [6.07, 6.45) is 1.65. The van der Waals surface area contributed by atoms with Gasteiger partial charge in [-0.2, -0.15) is 0 Å². The Labute approximate surface area is 102 Å². The first-order valence-electron chi connectivity index (χ1n) is 5.95. The lowest BCUT2D eigenvalue weighted by atomic mass is 10.2. The molecule has 0 aromatic carbocycles. The van der Waals surface area contributed by atoms with E-state index in [-0.39, 0.29) is 11.9 Å². The average Bonchev–Trinajstić information content (AvgIpc) is 2.73. The van der Waals surface area contributed by atoms with Crippen LogP contribution in [0.4, 0.5) is 0 Å². The van der Waals surface area contributed by atoms with Gasteiger partial charge < -0.3 is 9.47 Å². The monoisotopic (exact) mass is 239 g/mol. The first-order valence-corrected chi connectivity index (χ1v) is 5.95. The van der Waals surface area contributed by atoms with Crippen LogP contribution in [0.5, 0.6) is 0 Å². The number of nitrogens with one attached hydrogen (secondary N) is 1. The molecule has 0 saturated heterocycles. The van der Waals surface area contributed by atoms with E-state index in [1.165, 1.54) is 0 Å². The highest BCUT2D eigenvalue weighted by Crippen LogP contribution is 1.97. The number of rotatable bonds is 6. The SMILES string of the molecule is CCN(CC)C(=O)C(C)NCc1nncn1C. The summed E-state index contributed by atoms with van der Waals surface area (Å²) in [6, 6.07) is -0.202. The number of carbonyl (C=O) groups is 1. The highest BCUT2D eigenvalue weighted by molar-refractivity contribution is 5.81. The maximum absolute atomic E-state index is 12.0. The molecule has 96 valence electrons. The molecule has 1 atom stereocenters. The number of likely N-dealkylation sites (N-methyl/N-ethyl adjacent to an activating group) is 1. The summed E-state index contributed by atoms with van der Waals surface area (Å²) in [5.74, 6) is 0.946. The third-order valence-electron chi connectivity index (χ3n) is 2.82. The van der Waals surface area contributed by atoms with Crippen LogP contribution < -0.4 is 5.32 Å². The number of hydrogen-bond donors (Lipinski definition) is 1. The van der Waals surface area contributed by atoms with Crippen molar-refractivity contribution in [2.75, 3.05) is 13.1 Å². The summed E-state index contributed by atoms with van der Waals surface area (Å²) < 4.78 is 1.83. The Kier molecular flexibility index (Phi) is 5.09. The highest BCUT2D eigenvalue weighted by Gasteiger charge is 2.17. The minimum atomic E-state index is -0.202. The molecule has 17 heavy (non-hydrogen) atoms. The van der Waals surface area contributed by atoms with E-state index in [1.807, 2.05) is 37.3 Å². The van der Waals surface area contributed by atoms with Crippen molar-refractivity contribution in [3.05, 3.63) is 12.2 Å². The molecular weight excluding hydrogens is 218 g/mol. The van der Waals surface area contributed by atoms with Crippen molar-refractivity contribution in [1.82, 2.24) is 25.0 Å². The molecule has 0 aliphatic rings. The van der Waals surface area contributed by atoms with Gasteiger partial charge in [-0.15, -0.1) is 10.2 Å². The van der Waals surface area contributed by atoms with E-state index in [0.717, 1.165) is 18.9 Å². The second-order valence-corrected chi connectivity index (χ2v) is 3.97. The van der Waals surface area contributed by atoms with E-state index in [4.69, 9.17) is 0 Å². The van der Waals surface area contributed by atoms with E-state index in [9.17, 15) is 4.79 Å². The average molecular weight is 239 g/mol. The van der Waals surface area contributed by atoms with Crippen LogP contribution in [-0.4, -0.2) is 44.7 Å². The highest BCUT2D eigenvalue weighted by atomic mass is 16.2. The number of aromatic nitrogens is 3. The summed E-state index contributed by atoms with van der Waals surface area (Å²) in [5, 5.41) is 10.9. The molecule has 0 aliphatic heterocycles. The summed E-state index contributed by atoms with van der Waals surface area (Å²) >= 11 is 0. The van der Waals surface area contributed by atoms with Crippen LogP contribution in [0.15, 0.2) is 6.33 Å². The van der Waals surface area contributed by atoms with Gasteiger partial charge in [-0.05, 0) is 20.8 Å². The summed E-state index contributed by atoms with van der Waals surface area (Å²) in [4.78, 5) is 13.8. The molecule has 0 fully saturated rings. The lowest BCUT2D eigenvalue weighted by molar-refractivity contribution is -0.132. The van der Waals surface area contributed by atoms with Crippen LogP contribution in [-0.2, 0) is 18.4 Å². The quantitative estimate of drug-likeness (QED) is 0.768. The lowest BCUT2D eigenvalue weighted by Crippen LogP contribution is -2.44. The van der Waals surface area contributed by atoms with Crippen molar-refractivity contribution in [3.8, 4) is 0 Å². The number of carbonyl (C=O) groups excluding carboxylic acids is 1. The fraction of sp³-hybridized carbons (Fsp3) is 0.727. The summed E-state index contributed by atoms with van der Waals surface area (Å²) in [6.45, 7) is 7.87. The molecule has 0 saturated carbocycles. The van der Waals surface area contributed by atoms with Crippen molar-refractivity contribution in [2.45, 2.75) is 33.4 Å². The van der Waals surface area contributed by atoms with Crippen molar-refractivity contribution in [3.63, 3.8) is 0 Å². The van der Waals surface area contributed by atoms with E-state index >= 15 is 0 Å². The zero-order valence-corrected chi connectivity index (χ0v) is 11.0. The zero-order valence-electron chi connectivity index (χ0n) is 11.0. The van der Waals surface area contributed by atoms with Crippen molar-refractivity contribution in [1.29, 1.82) is 0 Å². The molecule has 0 bridgehead atoms. The third kappa shape index (κ3) is 3.52. The second kappa shape index (κ2) is 6.34. The first-order chi connectivity index (χ1) is 8.10. The van der Waals surface area contributed by atoms with Crippen molar-refractivity contribution >= 4 is 5.91 Å². The van der Waals surface area contributed by atoms with E-state index in [0.29, 0.717) is 6.54 Å². The molecular formula is C11H21N5O. The molecule has 1 rings (SSSR count). The molecule has 1 heterocycles. The fourth-order valence-electron chi connectivity index (χ4n) is 1.61. The van der Waals surface area contributed by atoms with Gasteiger partial charge in [0.15, 0.2) is 0 Å². The molecule has 1 aromatic heterocycles. The number of nitrogens with zero attached hydrogens (tertiary/aromatic N) is 4. The van der Waals surface area contributed by atoms with Crippen LogP contribution >= 0.6 is 0 Å². The molecule has 1 unspecified atom stereocenters. The van der Waals surface area contributed by atoms with Gasteiger partial charge in [0.05, 0.1) is 12.6 Å². The van der Waals surface area contributed by atoms with Crippen LogP contribution in [0, 0.1) is 0 Å². The van der Waals surface area contributed by atoms with E-state index in [2.05, 4.69) is 15.5 Å². The summed E-state index contributed by atoms with van der Waals surface area (Å²) in [7, 11) is 1.88. The van der Waals surface area contributed by atoms with Crippen LogP contribution in [0.3, 0.4) is 0 Å². The number of hydrogen-bond acceptors (Lipinski definition) is 4. The predicted molar refractivity (Wildman–Crippen MR) is 65.2 cm³/mol. The molecule has 1 aromatic rings. The summed E-state index contributed by atoms with van der Waals surface area (Å²) in [5.41, 5.74) is 0. The maximum atomic E-state index is 12.0. The third-order valence-corrected chi connectivity index (χ3v) is 2.82. The molecule has 6 heteroatoms. The van der Waals surface area contributed by atoms with Gasteiger partial charge >= 0.3 is 0 Å². The molecule has 6 nitrogen and oxygen atoms in total. The largest absolute Gasteiger partial charge is 0.342 e. The van der Waals surface area contributed by atoms with Crippen LogP contribution in [0.2, 0.25) is 0 Å². The first kappa shape index (κ1) is 13.6. The van der Waals surface area contributed by atoms with Gasteiger partial charge in [0, 0.05) is 20.1 Å². The molecule has 0 spiro atoms. The predicted octanol–water partition coefficient (Wildman–Crippen LogP) is 0.162. The van der Waals surface area contributed by atoms with Crippen LogP contribution in [0.25, 0.3) is 0 Å². The Morgan fingerprint density at radius 3 is 2.65 bits per heavy atom. The number of aryl methyl sites for hydroxylation is 1. The molecule has 1 amide bonds. The van der Waals surface area contributed by atoms with Gasteiger partial charge in [0.25, 0.3) is 0 Å². The minimum Gasteiger partial charge on any atom is -0.342 e. The molecule has 1 N–H and O–H groups in total. The Hall–Kier alpha value is -1.43. The van der Waals surface area contributed by atoms with Crippen LogP contribution in [0.1, 0.15) is 26.6 Å². The fourth-order valence-corrected chi connectivity index (χ4v) is 1.61. The molecule has 0 aliphatic carbocycles. The van der Waals surface area contributed by atoms with E-state index < -0.39 is 0 Å². The minimum absolute atomic E-state index is 0.122. The zero-order chi connectivity index (χ0) is 12.8. The van der Waals surface area contributed by atoms with Gasteiger partial charge in [-0.3, -0.25) is 10.1 Å². The maximum Gasteiger partial charge on any atom is 0.239 e. The Bertz CT molecular complexity index is 358. The number of amides is 1. The smallest absolute Gasteiger partial charge is 0.239 e. The Balaban J connectivity index is 2.47. The Morgan fingerprint density at radius 2 is 2.18 bits per heavy atom. The second-order valence-electron chi connectivity index (χ2n) is 3.97. The van der Waals surface area contributed by atoms with Gasteiger partial charge in [0.1, 0.15) is 12.2 Å². The van der Waals surface area contributed by atoms with Gasteiger partial charge in [-0.25, -0.2) is 0 Å². The standard InChI is InChI=1S/C11H21N5O/c1-5-16(6-2)11(17)9(3)12-7-10-14-13-8-15(10)4/h8-9,12H,5-7H2,1-4H3. The lowest BCUT2D eigenvalue weighted by Gasteiger charge is -2.23. The molecule has 0 radical (unpaired) electrons. The van der Waals surface area contributed by atoms with E-state index in [1.54, 1.807) is 6.33 Å². The van der Waals surface area contributed by atoms with Gasteiger partial charge in [-0.1, -0.05) is 0 Å².